The molecule has 0 bridgehead atoms. The zero-order chi connectivity index (χ0) is 23.5. The number of benzene rings is 1. The Hall–Kier alpha value is -3.39. The molecule has 2 amide bonds. The number of thiazole rings is 1. The smallest absolute Gasteiger partial charge is 0.257 e. The van der Waals surface area contributed by atoms with Crippen LogP contribution >= 0.6 is 11.3 Å². The second-order valence-electron chi connectivity index (χ2n) is 9.08. The topological polar surface area (TPSA) is 101 Å². The lowest BCUT2D eigenvalue weighted by Crippen LogP contribution is -2.43. The summed E-state index contributed by atoms with van der Waals surface area (Å²) in [4.78, 5) is 47.2. The van der Waals surface area contributed by atoms with Crippen LogP contribution < -0.4 is 10.6 Å². The van der Waals surface area contributed by atoms with Crippen LogP contribution in [0.1, 0.15) is 63.4 Å². The SMILES string of the molecule is O=C(Nc1nc2c(s1)C(=O)C[C@H](C(=O)NCC1(c3ccccc3)CCCC1)C2)c1ccncc1. The molecule has 8 heteroatoms. The maximum atomic E-state index is 13.1. The summed E-state index contributed by atoms with van der Waals surface area (Å²) in [5.74, 6) is -0.948. The average molecular weight is 475 g/mol. The third-order valence-electron chi connectivity index (χ3n) is 6.90. The molecular weight excluding hydrogens is 448 g/mol. The number of fused-ring (bicyclic) bond motifs is 1. The van der Waals surface area contributed by atoms with Gasteiger partial charge in [-0.05, 0) is 30.5 Å². The first-order chi connectivity index (χ1) is 16.5. The Morgan fingerprint density at radius 3 is 2.50 bits per heavy atom. The van der Waals surface area contributed by atoms with Crippen molar-refractivity contribution in [1.82, 2.24) is 15.3 Å². The van der Waals surface area contributed by atoms with Crippen LogP contribution in [-0.4, -0.2) is 34.1 Å². The molecule has 0 aliphatic heterocycles. The summed E-state index contributed by atoms with van der Waals surface area (Å²) in [6, 6.07) is 13.6. The predicted molar refractivity (Wildman–Crippen MR) is 130 cm³/mol. The van der Waals surface area contributed by atoms with Gasteiger partial charge in [0.25, 0.3) is 5.91 Å². The Morgan fingerprint density at radius 2 is 1.76 bits per heavy atom. The largest absolute Gasteiger partial charge is 0.355 e. The summed E-state index contributed by atoms with van der Waals surface area (Å²) >= 11 is 1.17. The molecule has 1 atom stereocenters. The summed E-state index contributed by atoms with van der Waals surface area (Å²) in [7, 11) is 0. The molecule has 3 aromatic rings. The molecule has 2 aliphatic rings. The van der Waals surface area contributed by atoms with E-state index in [4.69, 9.17) is 0 Å². The minimum absolute atomic E-state index is 0.0359. The first-order valence-electron chi connectivity index (χ1n) is 11.6. The van der Waals surface area contributed by atoms with E-state index in [0.29, 0.717) is 34.2 Å². The van der Waals surface area contributed by atoms with Crippen molar-refractivity contribution in [3.8, 4) is 0 Å². The van der Waals surface area contributed by atoms with Gasteiger partial charge in [0.2, 0.25) is 5.91 Å². The molecule has 0 saturated heterocycles. The van der Waals surface area contributed by atoms with E-state index in [0.717, 1.165) is 25.7 Å². The van der Waals surface area contributed by atoms with Crippen molar-refractivity contribution < 1.29 is 14.4 Å². The fourth-order valence-electron chi connectivity index (χ4n) is 5.05. The van der Waals surface area contributed by atoms with Crippen LogP contribution in [0, 0.1) is 5.92 Å². The molecule has 1 aromatic carbocycles. The van der Waals surface area contributed by atoms with Crippen LogP contribution in [0.25, 0.3) is 0 Å². The number of carbonyl (C=O) groups is 3. The average Bonchev–Trinajstić information content (AvgIpc) is 3.51. The number of rotatable bonds is 6. The maximum Gasteiger partial charge on any atom is 0.257 e. The zero-order valence-corrected chi connectivity index (χ0v) is 19.6. The number of ketones is 1. The lowest BCUT2D eigenvalue weighted by atomic mass is 9.78. The van der Waals surface area contributed by atoms with Crippen molar-refractivity contribution in [2.24, 2.45) is 5.92 Å². The summed E-state index contributed by atoms with van der Waals surface area (Å²) in [6.45, 7) is 0.581. The molecule has 0 unspecified atom stereocenters. The van der Waals surface area contributed by atoms with E-state index in [1.54, 1.807) is 24.5 Å². The van der Waals surface area contributed by atoms with Crippen LogP contribution in [0.15, 0.2) is 54.9 Å². The fraction of sp³-hybridized carbons (Fsp3) is 0.346. The van der Waals surface area contributed by atoms with Gasteiger partial charge in [-0.2, -0.15) is 0 Å². The van der Waals surface area contributed by atoms with E-state index in [1.165, 1.54) is 16.9 Å². The number of nitrogens with zero attached hydrogens (tertiary/aromatic N) is 2. The number of aromatic nitrogens is 2. The third kappa shape index (κ3) is 4.50. The van der Waals surface area contributed by atoms with Crippen molar-refractivity contribution in [2.45, 2.75) is 43.9 Å². The molecule has 1 saturated carbocycles. The minimum atomic E-state index is -0.444. The van der Waals surface area contributed by atoms with Gasteiger partial charge in [-0.3, -0.25) is 24.7 Å². The van der Waals surface area contributed by atoms with Gasteiger partial charge in [-0.25, -0.2) is 4.98 Å². The van der Waals surface area contributed by atoms with E-state index < -0.39 is 5.92 Å². The second kappa shape index (κ2) is 9.46. The van der Waals surface area contributed by atoms with Crippen molar-refractivity contribution in [1.29, 1.82) is 0 Å². The quantitative estimate of drug-likeness (QED) is 0.559. The maximum absolute atomic E-state index is 13.1. The van der Waals surface area contributed by atoms with Crippen LogP contribution in [0.5, 0.6) is 0 Å². The Balaban J connectivity index is 1.25. The first kappa shape index (κ1) is 22.4. The van der Waals surface area contributed by atoms with Crippen molar-refractivity contribution >= 4 is 34.1 Å². The number of carbonyl (C=O) groups excluding carboxylic acids is 3. The highest BCUT2D eigenvalue weighted by molar-refractivity contribution is 7.17. The number of Topliss-reactive ketones (excluding diaryl/α,β-unsaturated/α-hetero) is 1. The van der Waals surface area contributed by atoms with Gasteiger partial charge in [-0.1, -0.05) is 54.5 Å². The van der Waals surface area contributed by atoms with Crippen LogP contribution in [-0.2, 0) is 16.6 Å². The number of hydrogen-bond donors (Lipinski definition) is 2. The molecule has 2 aliphatic carbocycles. The molecule has 2 N–H and O–H groups in total. The zero-order valence-electron chi connectivity index (χ0n) is 18.8. The molecule has 2 aromatic heterocycles. The Morgan fingerprint density at radius 1 is 1.03 bits per heavy atom. The number of pyridine rings is 1. The lowest BCUT2D eigenvalue weighted by Gasteiger charge is -2.31. The summed E-state index contributed by atoms with van der Waals surface area (Å²) in [5.41, 5.74) is 2.28. The molecule has 0 spiro atoms. The van der Waals surface area contributed by atoms with E-state index >= 15 is 0 Å². The molecule has 174 valence electrons. The molecule has 0 radical (unpaired) electrons. The van der Waals surface area contributed by atoms with E-state index in [-0.39, 0.29) is 29.4 Å². The van der Waals surface area contributed by atoms with E-state index in [2.05, 4.69) is 32.7 Å². The normalized spacial score (nSPS) is 18.8. The van der Waals surface area contributed by atoms with Crippen LogP contribution in [0.3, 0.4) is 0 Å². The number of nitrogens with one attached hydrogen (secondary N) is 2. The fourth-order valence-corrected chi connectivity index (χ4v) is 5.99. The minimum Gasteiger partial charge on any atom is -0.355 e. The highest BCUT2D eigenvalue weighted by Gasteiger charge is 2.38. The molecular formula is C26H26N4O3S. The van der Waals surface area contributed by atoms with Gasteiger partial charge < -0.3 is 5.32 Å². The molecule has 7 nitrogen and oxygen atoms in total. The van der Waals surface area contributed by atoms with Crippen molar-refractivity contribution in [2.75, 3.05) is 11.9 Å². The molecule has 2 heterocycles. The molecule has 1 fully saturated rings. The van der Waals surface area contributed by atoms with Gasteiger partial charge in [0.1, 0.15) is 0 Å². The van der Waals surface area contributed by atoms with Gasteiger partial charge in [-0.15, -0.1) is 0 Å². The van der Waals surface area contributed by atoms with E-state index in [9.17, 15) is 14.4 Å². The second-order valence-corrected chi connectivity index (χ2v) is 10.1. The lowest BCUT2D eigenvalue weighted by molar-refractivity contribution is -0.125. The van der Waals surface area contributed by atoms with Crippen molar-refractivity contribution in [3.63, 3.8) is 0 Å². The van der Waals surface area contributed by atoms with Gasteiger partial charge in [0.15, 0.2) is 10.9 Å². The van der Waals surface area contributed by atoms with Gasteiger partial charge in [0, 0.05) is 42.8 Å². The molecule has 34 heavy (non-hydrogen) atoms. The monoisotopic (exact) mass is 474 g/mol. The number of hydrogen-bond acceptors (Lipinski definition) is 6. The Kier molecular flexibility index (Phi) is 6.24. The number of amides is 2. The highest BCUT2D eigenvalue weighted by atomic mass is 32.1. The van der Waals surface area contributed by atoms with Crippen LogP contribution in [0.4, 0.5) is 5.13 Å². The standard InChI is InChI=1S/C26H26N4O3S/c31-21-15-18(23(32)28-16-26(10-4-5-11-26)19-6-2-1-3-7-19)14-20-22(21)34-25(29-20)30-24(33)17-8-12-27-13-9-17/h1-3,6-9,12-13,18H,4-5,10-11,14-16H2,(H,28,32)(H,29,30,33)/t18-/m1/s1. The Bertz CT molecular complexity index is 1200. The summed E-state index contributed by atoms with van der Waals surface area (Å²) < 4.78 is 0. The third-order valence-corrected chi connectivity index (χ3v) is 7.96. The Labute approximate surface area is 202 Å². The number of anilines is 1. The summed E-state index contributed by atoms with van der Waals surface area (Å²) in [5, 5.41) is 6.28. The first-order valence-corrected chi connectivity index (χ1v) is 12.4. The highest BCUT2D eigenvalue weighted by Crippen LogP contribution is 2.41. The van der Waals surface area contributed by atoms with Gasteiger partial charge in [0.05, 0.1) is 16.5 Å². The molecule has 5 rings (SSSR count). The van der Waals surface area contributed by atoms with Gasteiger partial charge >= 0.3 is 0 Å². The van der Waals surface area contributed by atoms with Crippen LogP contribution in [0.2, 0.25) is 0 Å². The summed E-state index contributed by atoms with van der Waals surface area (Å²) in [6.07, 6.45) is 8.06. The van der Waals surface area contributed by atoms with Crippen molar-refractivity contribution in [3.05, 3.63) is 76.6 Å². The predicted octanol–water partition coefficient (Wildman–Crippen LogP) is 4.16. The van der Waals surface area contributed by atoms with E-state index in [1.807, 2.05) is 18.2 Å².